The minimum absolute atomic E-state index is 0.00536. The molecule has 20 heavy (non-hydrogen) atoms. The first-order valence-corrected chi connectivity index (χ1v) is 6.50. The minimum Gasteiger partial charge on any atom is -0.480 e. The Morgan fingerprint density at radius 2 is 2.20 bits per heavy atom. The highest BCUT2D eigenvalue weighted by atomic mass is 16.4. The molecule has 1 aliphatic rings. The summed E-state index contributed by atoms with van der Waals surface area (Å²) in [5.74, 6) is -1.39. The van der Waals surface area contributed by atoms with Gasteiger partial charge in [-0.1, -0.05) is 6.07 Å². The van der Waals surface area contributed by atoms with Gasteiger partial charge in [0, 0.05) is 6.20 Å². The molecule has 6 heteroatoms. The quantitative estimate of drug-likeness (QED) is 0.880. The molecule has 2 aromatic rings. The van der Waals surface area contributed by atoms with Crippen LogP contribution >= 0.6 is 0 Å². The number of nitrogens with zero attached hydrogens (tertiary/aromatic N) is 2. The van der Waals surface area contributed by atoms with Crippen LogP contribution in [0, 0.1) is 5.92 Å². The number of hydrogen-bond acceptors (Lipinski definition) is 3. The molecule has 3 rings (SSSR count). The van der Waals surface area contributed by atoms with Crippen LogP contribution < -0.4 is 5.32 Å². The van der Waals surface area contributed by atoms with Crippen molar-refractivity contribution in [3.63, 3.8) is 0 Å². The second-order valence-corrected chi connectivity index (χ2v) is 5.32. The van der Waals surface area contributed by atoms with Crippen molar-refractivity contribution < 1.29 is 14.7 Å². The number of carbonyl (C=O) groups excluding carboxylic acids is 1. The van der Waals surface area contributed by atoms with Crippen LogP contribution in [0.1, 0.15) is 30.1 Å². The summed E-state index contributed by atoms with van der Waals surface area (Å²) < 4.78 is 1.59. The van der Waals surface area contributed by atoms with Gasteiger partial charge < -0.3 is 10.4 Å². The molecule has 0 saturated heterocycles. The summed E-state index contributed by atoms with van der Waals surface area (Å²) in [4.78, 5) is 23.8. The van der Waals surface area contributed by atoms with E-state index >= 15 is 0 Å². The van der Waals surface area contributed by atoms with Crippen LogP contribution in [-0.2, 0) is 4.79 Å². The zero-order valence-corrected chi connectivity index (χ0v) is 11.0. The van der Waals surface area contributed by atoms with Crippen molar-refractivity contribution in [2.24, 2.45) is 5.92 Å². The first-order valence-electron chi connectivity index (χ1n) is 6.50. The highest BCUT2D eigenvalue weighted by molar-refractivity contribution is 6.03. The van der Waals surface area contributed by atoms with Crippen molar-refractivity contribution in [2.75, 3.05) is 0 Å². The lowest BCUT2D eigenvalue weighted by Gasteiger charge is -2.25. The zero-order valence-electron chi connectivity index (χ0n) is 11.0. The van der Waals surface area contributed by atoms with Crippen molar-refractivity contribution in [1.82, 2.24) is 14.9 Å². The molecule has 0 aliphatic heterocycles. The molecule has 0 radical (unpaired) electrons. The van der Waals surface area contributed by atoms with Gasteiger partial charge in [0.1, 0.15) is 5.54 Å². The molecule has 2 aromatic heterocycles. The Balaban J connectivity index is 1.91. The third-order valence-electron chi connectivity index (χ3n) is 3.88. The predicted octanol–water partition coefficient (Wildman–Crippen LogP) is 1.32. The number of carboxylic acid groups (broad SMARTS) is 1. The van der Waals surface area contributed by atoms with E-state index in [9.17, 15) is 14.7 Å². The fourth-order valence-electron chi connectivity index (χ4n) is 2.40. The van der Waals surface area contributed by atoms with Gasteiger partial charge in [0.05, 0.1) is 17.3 Å². The van der Waals surface area contributed by atoms with Crippen molar-refractivity contribution in [3.05, 3.63) is 36.2 Å². The summed E-state index contributed by atoms with van der Waals surface area (Å²) in [5.41, 5.74) is -0.160. The van der Waals surface area contributed by atoms with E-state index in [1.54, 1.807) is 23.7 Å². The molecule has 1 amide bonds. The van der Waals surface area contributed by atoms with E-state index in [4.69, 9.17) is 0 Å². The summed E-state index contributed by atoms with van der Waals surface area (Å²) >= 11 is 0. The molecule has 6 nitrogen and oxygen atoms in total. The number of amides is 1. The summed E-state index contributed by atoms with van der Waals surface area (Å²) in [5, 5.41) is 16.1. The smallest absolute Gasteiger partial charge is 0.329 e. The van der Waals surface area contributed by atoms with Gasteiger partial charge in [0.15, 0.2) is 0 Å². The normalized spacial score (nSPS) is 17.6. The highest BCUT2D eigenvalue weighted by Gasteiger charge is 2.48. The van der Waals surface area contributed by atoms with Crippen LogP contribution in [0.5, 0.6) is 0 Å². The third kappa shape index (κ3) is 1.93. The summed E-state index contributed by atoms with van der Waals surface area (Å²) in [6.07, 6.45) is 4.86. The second-order valence-electron chi connectivity index (χ2n) is 5.32. The number of aromatic nitrogens is 2. The van der Waals surface area contributed by atoms with Gasteiger partial charge in [-0.15, -0.1) is 0 Å². The van der Waals surface area contributed by atoms with Gasteiger partial charge in [-0.3, -0.25) is 4.79 Å². The molecule has 1 aliphatic carbocycles. The van der Waals surface area contributed by atoms with E-state index in [2.05, 4.69) is 10.4 Å². The first kappa shape index (κ1) is 12.7. The Labute approximate surface area is 115 Å². The number of hydrogen-bond donors (Lipinski definition) is 2. The average Bonchev–Trinajstić information content (AvgIpc) is 3.18. The Bertz CT molecular complexity index is 690. The molecule has 0 aromatic carbocycles. The lowest BCUT2D eigenvalue weighted by Crippen LogP contribution is -2.54. The lowest BCUT2D eigenvalue weighted by molar-refractivity contribution is -0.144. The number of nitrogens with one attached hydrogen (secondary N) is 1. The van der Waals surface area contributed by atoms with Crippen molar-refractivity contribution in [2.45, 2.75) is 25.3 Å². The Kier molecular flexibility index (Phi) is 2.74. The number of aliphatic carboxylic acids is 1. The molecule has 1 unspecified atom stereocenters. The van der Waals surface area contributed by atoms with E-state index in [0.717, 1.165) is 12.8 Å². The van der Waals surface area contributed by atoms with Crippen molar-refractivity contribution in [3.8, 4) is 0 Å². The zero-order chi connectivity index (χ0) is 14.3. The maximum absolute atomic E-state index is 12.3. The van der Waals surface area contributed by atoms with Crippen LogP contribution in [0.2, 0.25) is 0 Å². The third-order valence-corrected chi connectivity index (χ3v) is 3.88. The fourth-order valence-corrected chi connectivity index (χ4v) is 2.40. The van der Waals surface area contributed by atoms with Crippen LogP contribution in [0.3, 0.4) is 0 Å². The molecule has 1 fully saturated rings. The monoisotopic (exact) mass is 273 g/mol. The fraction of sp³-hybridized carbons (Fsp3) is 0.357. The Hall–Kier alpha value is -2.37. The van der Waals surface area contributed by atoms with Crippen LogP contribution in [-0.4, -0.2) is 32.1 Å². The molecular weight excluding hydrogens is 258 g/mol. The Morgan fingerprint density at radius 1 is 1.45 bits per heavy atom. The van der Waals surface area contributed by atoms with E-state index in [1.165, 1.54) is 6.20 Å². The predicted molar refractivity (Wildman–Crippen MR) is 71.4 cm³/mol. The maximum Gasteiger partial charge on any atom is 0.329 e. The summed E-state index contributed by atoms with van der Waals surface area (Å²) in [6, 6.07) is 5.40. The largest absolute Gasteiger partial charge is 0.480 e. The molecule has 0 bridgehead atoms. The number of carbonyl (C=O) groups is 2. The van der Waals surface area contributed by atoms with Crippen molar-refractivity contribution >= 4 is 17.4 Å². The Morgan fingerprint density at radius 3 is 2.85 bits per heavy atom. The summed E-state index contributed by atoms with van der Waals surface area (Å²) in [7, 11) is 0. The van der Waals surface area contributed by atoms with Crippen LogP contribution in [0.15, 0.2) is 30.6 Å². The molecule has 104 valence electrons. The van der Waals surface area contributed by atoms with E-state index in [0.29, 0.717) is 11.1 Å². The van der Waals surface area contributed by atoms with Gasteiger partial charge in [0.25, 0.3) is 5.91 Å². The maximum atomic E-state index is 12.3. The lowest BCUT2D eigenvalue weighted by atomic mass is 9.95. The van der Waals surface area contributed by atoms with Gasteiger partial charge in [-0.25, -0.2) is 9.31 Å². The van der Waals surface area contributed by atoms with Gasteiger partial charge in [-0.2, -0.15) is 5.10 Å². The average molecular weight is 273 g/mol. The standard InChI is InChI=1S/C14H15N3O3/c1-14(13(19)20,9-5-6-9)16-12(18)10-8-15-17-7-3-2-4-11(10)17/h2-4,7-9H,5-6H2,1H3,(H,16,18)(H,19,20). The van der Waals surface area contributed by atoms with Gasteiger partial charge in [-0.05, 0) is 37.8 Å². The van der Waals surface area contributed by atoms with E-state index in [-0.39, 0.29) is 5.92 Å². The molecule has 2 N–H and O–H groups in total. The van der Waals surface area contributed by atoms with Crippen molar-refractivity contribution in [1.29, 1.82) is 0 Å². The van der Waals surface area contributed by atoms with Crippen LogP contribution in [0.25, 0.3) is 5.52 Å². The first-order chi connectivity index (χ1) is 9.52. The highest BCUT2D eigenvalue weighted by Crippen LogP contribution is 2.39. The van der Waals surface area contributed by atoms with Gasteiger partial charge >= 0.3 is 5.97 Å². The molecule has 0 spiro atoms. The SMILES string of the molecule is CC(NC(=O)c1cnn2ccccc12)(C(=O)O)C1CC1. The van der Waals surface area contributed by atoms with Crippen LogP contribution in [0.4, 0.5) is 0 Å². The molecule has 1 saturated carbocycles. The number of carboxylic acids is 1. The number of fused-ring (bicyclic) bond motifs is 1. The molecule has 2 heterocycles. The van der Waals surface area contributed by atoms with E-state index < -0.39 is 17.4 Å². The van der Waals surface area contributed by atoms with Gasteiger partial charge in [0.2, 0.25) is 0 Å². The summed E-state index contributed by atoms with van der Waals surface area (Å²) in [6.45, 7) is 1.57. The number of pyridine rings is 1. The number of rotatable bonds is 4. The second kappa shape index (κ2) is 4.33. The topological polar surface area (TPSA) is 83.7 Å². The minimum atomic E-state index is -1.21. The molecular formula is C14H15N3O3. The molecule has 1 atom stereocenters. The van der Waals surface area contributed by atoms with E-state index in [1.807, 2.05) is 12.1 Å².